The minimum atomic E-state index is -0.437. The molecule has 132 valence electrons. The molecule has 1 aromatic carbocycles. The summed E-state index contributed by atoms with van der Waals surface area (Å²) in [5.74, 6) is 2.43. The van der Waals surface area contributed by atoms with E-state index in [1.54, 1.807) is 0 Å². The lowest BCUT2D eigenvalue weighted by molar-refractivity contribution is -0.108. The van der Waals surface area contributed by atoms with Crippen LogP contribution >= 0.6 is 0 Å². The normalized spacial score (nSPS) is 40.7. The summed E-state index contributed by atoms with van der Waals surface area (Å²) in [6, 6.07) is 6.01. The third kappa shape index (κ3) is 2.25. The molecule has 0 amide bonds. The molecule has 0 spiro atoms. The quantitative estimate of drug-likeness (QED) is 0.803. The van der Waals surface area contributed by atoms with E-state index in [-0.39, 0.29) is 5.41 Å². The van der Waals surface area contributed by atoms with Crippen molar-refractivity contribution in [3.05, 3.63) is 29.3 Å². The maximum Gasteiger partial charge on any atom is 0.115 e. The summed E-state index contributed by atoms with van der Waals surface area (Å²) in [4.78, 5) is 0. The van der Waals surface area contributed by atoms with Crippen LogP contribution in [0.2, 0.25) is 0 Å². The molecule has 0 bridgehead atoms. The van der Waals surface area contributed by atoms with Crippen LogP contribution in [0.25, 0.3) is 0 Å². The van der Waals surface area contributed by atoms with Crippen molar-refractivity contribution in [3.63, 3.8) is 0 Å². The Morgan fingerprint density at radius 2 is 2.00 bits per heavy atom. The van der Waals surface area contributed by atoms with Gasteiger partial charge in [0.25, 0.3) is 0 Å². The van der Waals surface area contributed by atoms with Gasteiger partial charge in [-0.15, -0.1) is 0 Å². The fraction of sp³-hybridized carbons (Fsp3) is 0.727. The van der Waals surface area contributed by atoms with Crippen molar-refractivity contribution in [1.82, 2.24) is 0 Å². The summed E-state index contributed by atoms with van der Waals surface area (Å²) in [5.41, 5.74) is 2.51. The highest BCUT2D eigenvalue weighted by atomic mass is 16.3. The number of fused-ring (bicyclic) bond motifs is 5. The third-order valence-corrected chi connectivity index (χ3v) is 7.98. The Morgan fingerprint density at radius 1 is 1.17 bits per heavy atom. The number of phenols is 1. The number of aromatic hydroxyl groups is 1. The first-order valence-corrected chi connectivity index (χ1v) is 10.0. The predicted octanol–water partition coefficient (Wildman–Crippen LogP) is 5.17. The standard InChI is InChI=1S/C22H32O2/c1-3-4-11-22(24)13-10-20-19-7-5-15-14-16(23)6-8-17(15)18(19)9-12-21(20,22)2/h6,8,14,18-20,23-24H,3-5,7,9-13H2,1-2H3/t18-,19-,20+,21+,22+/m1/s1. The van der Waals surface area contributed by atoms with Crippen LogP contribution in [0.15, 0.2) is 18.2 Å². The van der Waals surface area contributed by atoms with Crippen molar-refractivity contribution in [2.24, 2.45) is 17.3 Å². The molecular formula is C22H32O2. The van der Waals surface area contributed by atoms with Crippen molar-refractivity contribution in [2.45, 2.75) is 83.2 Å². The van der Waals surface area contributed by atoms with Gasteiger partial charge >= 0.3 is 0 Å². The third-order valence-electron chi connectivity index (χ3n) is 7.98. The van der Waals surface area contributed by atoms with Crippen molar-refractivity contribution >= 4 is 0 Å². The van der Waals surface area contributed by atoms with Crippen LogP contribution in [0.1, 0.15) is 82.3 Å². The molecule has 2 N–H and O–H groups in total. The van der Waals surface area contributed by atoms with Crippen LogP contribution in [0.3, 0.4) is 0 Å². The van der Waals surface area contributed by atoms with Crippen molar-refractivity contribution < 1.29 is 10.2 Å². The van der Waals surface area contributed by atoms with Gasteiger partial charge in [0.1, 0.15) is 5.75 Å². The summed E-state index contributed by atoms with van der Waals surface area (Å²) >= 11 is 0. The number of unbranched alkanes of at least 4 members (excludes halogenated alkanes) is 1. The molecule has 4 rings (SSSR count). The first-order valence-electron chi connectivity index (χ1n) is 10.0. The predicted molar refractivity (Wildman–Crippen MR) is 97.2 cm³/mol. The van der Waals surface area contributed by atoms with E-state index >= 15 is 0 Å². The van der Waals surface area contributed by atoms with E-state index in [4.69, 9.17) is 0 Å². The van der Waals surface area contributed by atoms with Crippen molar-refractivity contribution in [3.8, 4) is 5.75 Å². The fourth-order valence-electron chi connectivity index (χ4n) is 6.56. The molecule has 0 aliphatic heterocycles. The van der Waals surface area contributed by atoms with Crippen LogP contribution in [0.4, 0.5) is 0 Å². The molecule has 3 aliphatic carbocycles. The summed E-state index contributed by atoms with van der Waals surface area (Å²) in [5, 5.41) is 21.3. The molecule has 0 radical (unpaired) electrons. The van der Waals surface area contributed by atoms with E-state index in [9.17, 15) is 10.2 Å². The van der Waals surface area contributed by atoms with E-state index in [0.717, 1.165) is 38.0 Å². The number of hydrogen-bond acceptors (Lipinski definition) is 2. The average molecular weight is 328 g/mol. The molecule has 2 fully saturated rings. The van der Waals surface area contributed by atoms with E-state index in [1.807, 2.05) is 12.1 Å². The van der Waals surface area contributed by atoms with Gasteiger partial charge < -0.3 is 10.2 Å². The second-order valence-electron chi connectivity index (χ2n) is 8.93. The summed E-state index contributed by atoms with van der Waals surface area (Å²) in [7, 11) is 0. The van der Waals surface area contributed by atoms with Gasteiger partial charge in [-0.3, -0.25) is 0 Å². The SMILES string of the molecule is CCCC[C@]1(O)CC[C@H]2[C@@H]3CCc4cc(O)ccc4[C@H]3CC[C@@]21C. The smallest absolute Gasteiger partial charge is 0.115 e. The molecule has 0 unspecified atom stereocenters. The number of aryl methyl sites for hydroxylation is 1. The van der Waals surface area contributed by atoms with Crippen LogP contribution in [-0.4, -0.2) is 15.8 Å². The highest BCUT2D eigenvalue weighted by molar-refractivity contribution is 5.40. The lowest BCUT2D eigenvalue weighted by Crippen LogP contribution is -2.50. The fourth-order valence-corrected chi connectivity index (χ4v) is 6.56. The molecule has 0 saturated heterocycles. The Balaban J connectivity index is 1.63. The zero-order valence-electron chi connectivity index (χ0n) is 15.2. The lowest BCUT2D eigenvalue weighted by atomic mass is 9.53. The topological polar surface area (TPSA) is 40.5 Å². The molecule has 2 heteroatoms. The Bertz CT molecular complexity index is 624. The molecule has 5 atom stereocenters. The van der Waals surface area contributed by atoms with Gasteiger partial charge in [-0.25, -0.2) is 0 Å². The number of hydrogen-bond donors (Lipinski definition) is 2. The molecule has 3 aliphatic rings. The zero-order chi connectivity index (χ0) is 16.9. The van der Waals surface area contributed by atoms with Gasteiger partial charge in [0.2, 0.25) is 0 Å². The highest BCUT2D eigenvalue weighted by Gasteiger charge is 2.60. The molecule has 2 nitrogen and oxygen atoms in total. The van der Waals surface area contributed by atoms with Crippen LogP contribution in [0.5, 0.6) is 5.75 Å². The van der Waals surface area contributed by atoms with Gasteiger partial charge in [0, 0.05) is 0 Å². The van der Waals surface area contributed by atoms with Crippen LogP contribution < -0.4 is 0 Å². The van der Waals surface area contributed by atoms with Gasteiger partial charge in [-0.05, 0) is 91.4 Å². The maximum atomic E-state index is 11.5. The van der Waals surface area contributed by atoms with Gasteiger partial charge in [0.05, 0.1) is 5.60 Å². The molecule has 0 aromatic heterocycles. The molecule has 24 heavy (non-hydrogen) atoms. The second kappa shape index (κ2) is 5.76. The zero-order valence-corrected chi connectivity index (χ0v) is 15.2. The Labute approximate surface area is 146 Å². The number of rotatable bonds is 3. The first-order chi connectivity index (χ1) is 11.5. The average Bonchev–Trinajstić information content (AvgIpc) is 2.84. The van der Waals surface area contributed by atoms with E-state index < -0.39 is 5.60 Å². The largest absolute Gasteiger partial charge is 0.508 e. The summed E-state index contributed by atoms with van der Waals surface area (Å²) in [6.07, 6.45) is 10.2. The number of phenolic OH excluding ortho intramolecular Hbond substituents is 1. The molecule has 2 saturated carbocycles. The lowest BCUT2D eigenvalue weighted by Gasteiger charge is -2.53. The Hall–Kier alpha value is -1.02. The van der Waals surface area contributed by atoms with Crippen molar-refractivity contribution in [1.29, 1.82) is 0 Å². The minimum absolute atomic E-state index is 0.109. The van der Waals surface area contributed by atoms with Gasteiger partial charge in [-0.2, -0.15) is 0 Å². The van der Waals surface area contributed by atoms with E-state index in [0.29, 0.717) is 17.6 Å². The Kier molecular flexibility index (Phi) is 3.95. The number of benzene rings is 1. The van der Waals surface area contributed by atoms with Gasteiger partial charge in [0.15, 0.2) is 0 Å². The first kappa shape index (κ1) is 16.4. The van der Waals surface area contributed by atoms with Crippen LogP contribution in [0, 0.1) is 17.3 Å². The molecule has 0 heterocycles. The monoisotopic (exact) mass is 328 g/mol. The van der Waals surface area contributed by atoms with Crippen molar-refractivity contribution in [2.75, 3.05) is 0 Å². The Morgan fingerprint density at radius 3 is 2.79 bits per heavy atom. The van der Waals surface area contributed by atoms with Crippen LogP contribution in [-0.2, 0) is 6.42 Å². The molecular weight excluding hydrogens is 296 g/mol. The minimum Gasteiger partial charge on any atom is -0.508 e. The summed E-state index contributed by atoms with van der Waals surface area (Å²) < 4.78 is 0. The summed E-state index contributed by atoms with van der Waals surface area (Å²) in [6.45, 7) is 4.62. The maximum absolute atomic E-state index is 11.5. The number of aliphatic hydroxyl groups is 1. The van der Waals surface area contributed by atoms with E-state index in [2.05, 4.69) is 19.9 Å². The highest BCUT2D eigenvalue weighted by Crippen LogP contribution is 2.65. The van der Waals surface area contributed by atoms with Gasteiger partial charge in [-0.1, -0.05) is 32.8 Å². The van der Waals surface area contributed by atoms with E-state index in [1.165, 1.54) is 36.8 Å². The molecule has 1 aromatic rings. The second-order valence-corrected chi connectivity index (χ2v) is 8.93.